The molecule has 0 aliphatic heterocycles. The summed E-state index contributed by atoms with van der Waals surface area (Å²) in [6.45, 7) is 14.9. The third-order valence-electron chi connectivity index (χ3n) is 5.38. The van der Waals surface area contributed by atoms with Crippen molar-refractivity contribution in [3.63, 3.8) is 0 Å². The molecule has 0 aromatic heterocycles. The molecule has 6 nitrogen and oxygen atoms in total. The normalized spacial score (nSPS) is 11.9. The number of hydrogen-bond acceptors (Lipinski definition) is 6. The van der Waals surface area contributed by atoms with Gasteiger partial charge >= 0.3 is 11.9 Å². The van der Waals surface area contributed by atoms with Gasteiger partial charge in [-0.15, -0.1) is 0 Å². The Morgan fingerprint density at radius 1 is 0.697 bits per heavy atom. The van der Waals surface area contributed by atoms with Gasteiger partial charge in [-0.05, 0) is 68.5 Å². The number of benzene rings is 2. The van der Waals surface area contributed by atoms with Gasteiger partial charge in [-0.25, -0.2) is 0 Å². The van der Waals surface area contributed by atoms with E-state index in [1.54, 1.807) is 12.1 Å². The zero-order valence-corrected chi connectivity index (χ0v) is 21.0. The fraction of sp³-hybridized carbons (Fsp3) is 0.481. The van der Waals surface area contributed by atoms with Gasteiger partial charge < -0.3 is 19.7 Å². The Hall–Kier alpha value is -3.02. The lowest BCUT2D eigenvalue weighted by Gasteiger charge is -2.25. The molecule has 0 saturated heterocycles. The van der Waals surface area contributed by atoms with E-state index in [0.717, 1.165) is 22.3 Å². The number of carbonyl (C=O) groups is 2. The first-order chi connectivity index (χ1) is 15.1. The van der Waals surface area contributed by atoms with Gasteiger partial charge in [0.2, 0.25) is 0 Å². The standard InChI is InChI=1S/C27H36O6/c1-16(28)32-14-18-9-20(24(30)22(11-18)26(3,4)5)13-21-10-19(15-33-17(2)29)12-23(25(21)31)27(6,7)8/h9-12,30-31H,13-15H2,1-8H3. The van der Waals surface area contributed by atoms with Crippen molar-refractivity contribution in [1.29, 1.82) is 0 Å². The Labute approximate surface area is 196 Å². The molecule has 2 rings (SSSR count). The Morgan fingerprint density at radius 3 is 1.30 bits per heavy atom. The molecular formula is C27H36O6. The van der Waals surface area contributed by atoms with E-state index in [9.17, 15) is 19.8 Å². The molecular weight excluding hydrogens is 420 g/mol. The molecule has 0 aliphatic carbocycles. The molecule has 2 aromatic carbocycles. The average Bonchev–Trinajstić information content (AvgIpc) is 2.66. The van der Waals surface area contributed by atoms with Gasteiger partial charge in [0.1, 0.15) is 24.7 Å². The van der Waals surface area contributed by atoms with Gasteiger partial charge in [0.25, 0.3) is 0 Å². The minimum atomic E-state index is -0.382. The minimum absolute atomic E-state index is 0.0947. The molecule has 6 heteroatoms. The molecule has 2 N–H and O–H groups in total. The van der Waals surface area contributed by atoms with Crippen LogP contribution in [0.4, 0.5) is 0 Å². The first-order valence-corrected chi connectivity index (χ1v) is 11.1. The lowest BCUT2D eigenvalue weighted by atomic mass is 9.81. The van der Waals surface area contributed by atoms with Gasteiger partial charge in [-0.3, -0.25) is 9.59 Å². The average molecular weight is 457 g/mol. The second-order valence-corrected chi connectivity index (χ2v) is 10.5. The van der Waals surface area contributed by atoms with Crippen molar-refractivity contribution in [2.45, 2.75) is 85.9 Å². The number of esters is 2. The van der Waals surface area contributed by atoms with Gasteiger partial charge in [-0.1, -0.05) is 41.5 Å². The summed E-state index contributed by atoms with van der Waals surface area (Å²) in [7, 11) is 0. The summed E-state index contributed by atoms with van der Waals surface area (Å²) in [6.07, 6.45) is 0.256. The summed E-state index contributed by atoms with van der Waals surface area (Å²) < 4.78 is 10.4. The topological polar surface area (TPSA) is 93.1 Å². The molecule has 0 radical (unpaired) electrons. The summed E-state index contributed by atoms with van der Waals surface area (Å²) in [5.74, 6) is -0.465. The summed E-state index contributed by atoms with van der Waals surface area (Å²) in [5.41, 5.74) is 3.52. The third kappa shape index (κ3) is 6.98. The summed E-state index contributed by atoms with van der Waals surface area (Å²) in [6, 6.07) is 7.28. The van der Waals surface area contributed by atoms with Crippen LogP contribution in [0.2, 0.25) is 0 Å². The quantitative estimate of drug-likeness (QED) is 0.565. The van der Waals surface area contributed by atoms with Crippen molar-refractivity contribution in [3.8, 4) is 11.5 Å². The highest BCUT2D eigenvalue weighted by atomic mass is 16.5. The van der Waals surface area contributed by atoms with Crippen LogP contribution in [0, 0.1) is 0 Å². The van der Waals surface area contributed by atoms with E-state index in [4.69, 9.17) is 9.47 Å². The molecule has 0 fully saturated rings. The fourth-order valence-corrected chi connectivity index (χ4v) is 3.68. The maximum absolute atomic E-state index is 11.3. The fourth-order valence-electron chi connectivity index (χ4n) is 3.68. The molecule has 0 atom stereocenters. The van der Waals surface area contributed by atoms with Crippen molar-refractivity contribution in [1.82, 2.24) is 0 Å². The largest absolute Gasteiger partial charge is 0.507 e. The maximum atomic E-state index is 11.3. The smallest absolute Gasteiger partial charge is 0.302 e. The highest BCUT2D eigenvalue weighted by Crippen LogP contribution is 2.39. The van der Waals surface area contributed by atoms with E-state index < -0.39 is 0 Å². The molecule has 0 saturated carbocycles. The van der Waals surface area contributed by atoms with E-state index >= 15 is 0 Å². The number of phenols is 2. The van der Waals surface area contributed by atoms with Crippen molar-refractivity contribution in [2.75, 3.05) is 0 Å². The minimum Gasteiger partial charge on any atom is -0.507 e. The first kappa shape index (κ1) is 26.2. The molecule has 0 bridgehead atoms. The lowest BCUT2D eigenvalue weighted by Crippen LogP contribution is -2.15. The van der Waals surface area contributed by atoms with Crippen molar-refractivity contribution in [3.05, 3.63) is 57.6 Å². The van der Waals surface area contributed by atoms with E-state index in [2.05, 4.69) is 0 Å². The number of aromatic hydroxyl groups is 2. The zero-order valence-electron chi connectivity index (χ0n) is 21.0. The van der Waals surface area contributed by atoms with Gasteiger partial charge in [0.15, 0.2) is 0 Å². The van der Waals surface area contributed by atoms with E-state index in [1.807, 2.05) is 53.7 Å². The highest BCUT2D eigenvalue weighted by Gasteiger charge is 2.25. The number of rotatable bonds is 6. The van der Waals surface area contributed by atoms with Crippen LogP contribution in [0.3, 0.4) is 0 Å². The predicted octanol–water partition coefficient (Wildman–Crippen LogP) is 5.41. The van der Waals surface area contributed by atoms with Crippen LogP contribution < -0.4 is 0 Å². The second-order valence-electron chi connectivity index (χ2n) is 10.5. The van der Waals surface area contributed by atoms with Crippen LogP contribution >= 0.6 is 0 Å². The molecule has 0 spiro atoms. The molecule has 0 heterocycles. The van der Waals surface area contributed by atoms with E-state index in [1.165, 1.54) is 13.8 Å². The van der Waals surface area contributed by atoms with Crippen LogP contribution in [-0.4, -0.2) is 22.2 Å². The first-order valence-electron chi connectivity index (χ1n) is 11.1. The maximum Gasteiger partial charge on any atom is 0.302 e. The number of hydrogen-bond donors (Lipinski definition) is 2. The zero-order chi connectivity index (χ0) is 25.1. The number of phenolic OH excluding ortho intramolecular Hbond substituents is 2. The predicted molar refractivity (Wildman–Crippen MR) is 127 cm³/mol. The molecule has 180 valence electrons. The SMILES string of the molecule is CC(=O)OCc1cc(Cc2cc(COC(C)=O)cc(C(C)(C)C)c2O)c(O)c(C(C)(C)C)c1. The molecule has 33 heavy (non-hydrogen) atoms. The van der Waals surface area contributed by atoms with Crippen LogP contribution in [0.25, 0.3) is 0 Å². The Bertz CT molecular complexity index is 955. The molecule has 0 unspecified atom stereocenters. The van der Waals surface area contributed by atoms with Crippen molar-refractivity contribution >= 4 is 11.9 Å². The summed E-state index contributed by atoms with van der Waals surface area (Å²) in [5, 5.41) is 22.2. The van der Waals surface area contributed by atoms with Crippen LogP contribution in [0.15, 0.2) is 24.3 Å². The summed E-state index contributed by atoms with van der Waals surface area (Å²) >= 11 is 0. The molecule has 0 amide bonds. The van der Waals surface area contributed by atoms with Gasteiger partial charge in [-0.2, -0.15) is 0 Å². The number of ether oxygens (including phenoxy) is 2. The Morgan fingerprint density at radius 2 is 1.03 bits per heavy atom. The van der Waals surface area contributed by atoms with Crippen LogP contribution in [0.1, 0.15) is 88.8 Å². The highest BCUT2D eigenvalue weighted by molar-refractivity contribution is 5.66. The van der Waals surface area contributed by atoms with Gasteiger partial charge in [0.05, 0.1) is 0 Å². The molecule has 0 aliphatic rings. The van der Waals surface area contributed by atoms with E-state index in [-0.39, 0.29) is 53.9 Å². The van der Waals surface area contributed by atoms with Crippen LogP contribution in [-0.2, 0) is 49.5 Å². The van der Waals surface area contributed by atoms with Crippen molar-refractivity contribution < 1.29 is 29.3 Å². The van der Waals surface area contributed by atoms with Gasteiger partial charge in [0, 0.05) is 20.3 Å². The second kappa shape index (κ2) is 9.86. The van der Waals surface area contributed by atoms with Crippen LogP contribution in [0.5, 0.6) is 11.5 Å². The Kier molecular flexibility index (Phi) is 7.83. The molecule has 2 aromatic rings. The monoisotopic (exact) mass is 456 g/mol. The lowest BCUT2D eigenvalue weighted by molar-refractivity contribution is -0.143. The Balaban J connectivity index is 2.61. The van der Waals surface area contributed by atoms with E-state index in [0.29, 0.717) is 11.1 Å². The summed E-state index contributed by atoms with van der Waals surface area (Å²) in [4.78, 5) is 22.6. The third-order valence-corrected chi connectivity index (χ3v) is 5.38. The number of carbonyl (C=O) groups excluding carboxylic acids is 2. The van der Waals surface area contributed by atoms with Crippen molar-refractivity contribution in [2.24, 2.45) is 0 Å².